The SMILES string of the molecule is CCOC(=O)N1CCC(N(C)C)c2ccccc21. The highest BCUT2D eigenvalue weighted by Crippen LogP contribution is 2.36. The van der Waals surface area contributed by atoms with Crippen LogP contribution in [0.1, 0.15) is 24.9 Å². The average molecular weight is 248 g/mol. The summed E-state index contributed by atoms with van der Waals surface area (Å²) in [7, 11) is 4.14. The van der Waals surface area contributed by atoms with E-state index in [-0.39, 0.29) is 6.09 Å². The van der Waals surface area contributed by atoms with E-state index in [1.807, 2.05) is 25.1 Å². The number of rotatable bonds is 2. The van der Waals surface area contributed by atoms with Crippen molar-refractivity contribution in [2.24, 2.45) is 0 Å². The number of nitrogens with zero attached hydrogens (tertiary/aromatic N) is 2. The van der Waals surface area contributed by atoms with E-state index < -0.39 is 0 Å². The number of anilines is 1. The molecule has 0 aromatic heterocycles. The Morgan fingerprint density at radius 3 is 2.83 bits per heavy atom. The molecule has 1 aromatic carbocycles. The van der Waals surface area contributed by atoms with E-state index in [1.165, 1.54) is 5.56 Å². The molecule has 0 saturated carbocycles. The molecule has 0 fully saturated rings. The van der Waals surface area contributed by atoms with Gasteiger partial charge in [0.25, 0.3) is 0 Å². The Balaban J connectivity index is 2.33. The van der Waals surface area contributed by atoms with Gasteiger partial charge in [0.15, 0.2) is 0 Å². The zero-order chi connectivity index (χ0) is 13.1. The van der Waals surface area contributed by atoms with Crippen molar-refractivity contribution >= 4 is 11.8 Å². The van der Waals surface area contributed by atoms with E-state index in [0.29, 0.717) is 19.2 Å². The molecule has 0 N–H and O–H groups in total. The number of hydrogen-bond donors (Lipinski definition) is 0. The number of carbonyl (C=O) groups excluding carboxylic acids is 1. The molecule has 1 unspecified atom stereocenters. The number of ether oxygens (including phenoxy) is 1. The Morgan fingerprint density at radius 2 is 2.17 bits per heavy atom. The molecular weight excluding hydrogens is 228 g/mol. The van der Waals surface area contributed by atoms with Crippen LogP contribution in [0.4, 0.5) is 10.5 Å². The predicted molar refractivity (Wildman–Crippen MR) is 71.9 cm³/mol. The number of para-hydroxylation sites is 1. The molecule has 2 rings (SSSR count). The molecular formula is C14H20N2O2. The van der Waals surface area contributed by atoms with Crippen LogP contribution in [0.2, 0.25) is 0 Å². The van der Waals surface area contributed by atoms with Crippen LogP contribution < -0.4 is 4.90 Å². The standard InChI is InChI=1S/C14H20N2O2/c1-4-18-14(17)16-10-9-12(15(2)3)11-7-5-6-8-13(11)16/h5-8,12H,4,9-10H2,1-3H3. The van der Waals surface area contributed by atoms with Gasteiger partial charge < -0.3 is 9.64 Å². The molecule has 1 aliphatic heterocycles. The van der Waals surface area contributed by atoms with Crippen molar-refractivity contribution < 1.29 is 9.53 Å². The van der Waals surface area contributed by atoms with Gasteiger partial charge in [-0.25, -0.2) is 4.79 Å². The highest BCUT2D eigenvalue weighted by molar-refractivity contribution is 5.89. The fourth-order valence-corrected chi connectivity index (χ4v) is 2.47. The van der Waals surface area contributed by atoms with Crippen molar-refractivity contribution in [2.75, 3.05) is 32.1 Å². The maximum Gasteiger partial charge on any atom is 0.414 e. The molecule has 1 aliphatic rings. The van der Waals surface area contributed by atoms with Crippen LogP contribution in [0.5, 0.6) is 0 Å². The van der Waals surface area contributed by atoms with E-state index in [9.17, 15) is 4.79 Å². The smallest absolute Gasteiger partial charge is 0.414 e. The summed E-state index contributed by atoms with van der Waals surface area (Å²) in [5, 5.41) is 0. The largest absolute Gasteiger partial charge is 0.449 e. The quantitative estimate of drug-likeness (QED) is 0.806. The molecule has 0 radical (unpaired) electrons. The fourth-order valence-electron chi connectivity index (χ4n) is 2.47. The summed E-state index contributed by atoms with van der Waals surface area (Å²) in [4.78, 5) is 15.9. The number of hydrogen-bond acceptors (Lipinski definition) is 3. The van der Waals surface area contributed by atoms with Gasteiger partial charge in [0, 0.05) is 12.6 Å². The summed E-state index contributed by atoms with van der Waals surface area (Å²) in [5.41, 5.74) is 2.17. The third kappa shape index (κ3) is 2.34. The Kier molecular flexibility index (Phi) is 3.87. The Labute approximate surface area is 108 Å². The van der Waals surface area contributed by atoms with Crippen LogP contribution in [0.25, 0.3) is 0 Å². The summed E-state index contributed by atoms with van der Waals surface area (Å²) in [5.74, 6) is 0. The first-order chi connectivity index (χ1) is 8.65. The highest BCUT2D eigenvalue weighted by atomic mass is 16.6. The fraction of sp³-hybridized carbons (Fsp3) is 0.500. The molecule has 1 aromatic rings. The number of fused-ring (bicyclic) bond motifs is 1. The van der Waals surface area contributed by atoms with Gasteiger partial charge in [-0.3, -0.25) is 4.90 Å². The Hall–Kier alpha value is -1.55. The summed E-state index contributed by atoms with van der Waals surface area (Å²) >= 11 is 0. The third-order valence-electron chi connectivity index (χ3n) is 3.32. The van der Waals surface area contributed by atoms with Gasteiger partial charge in [-0.1, -0.05) is 18.2 Å². The first-order valence-electron chi connectivity index (χ1n) is 6.34. The molecule has 0 bridgehead atoms. The van der Waals surface area contributed by atoms with Crippen molar-refractivity contribution in [1.29, 1.82) is 0 Å². The molecule has 98 valence electrons. The van der Waals surface area contributed by atoms with Gasteiger partial charge in [-0.2, -0.15) is 0 Å². The minimum Gasteiger partial charge on any atom is -0.449 e. The van der Waals surface area contributed by atoms with Gasteiger partial charge in [-0.15, -0.1) is 0 Å². The maximum absolute atomic E-state index is 11.9. The molecule has 4 nitrogen and oxygen atoms in total. The molecule has 4 heteroatoms. The summed E-state index contributed by atoms with van der Waals surface area (Å²) in [6.07, 6.45) is 0.685. The van der Waals surface area contributed by atoms with Crippen molar-refractivity contribution in [3.63, 3.8) is 0 Å². The first-order valence-corrected chi connectivity index (χ1v) is 6.34. The van der Waals surface area contributed by atoms with E-state index in [4.69, 9.17) is 4.74 Å². The highest BCUT2D eigenvalue weighted by Gasteiger charge is 2.29. The van der Waals surface area contributed by atoms with Crippen molar-refractivity contribution in [3.05, 3.63) is 29.8 Å². The number of carbonyl (C=O) groups is 1. The molecule has 0 spiro atoms. The molecule has 18 heavy (non-hydrogen) atoms. The lowest BCUT2D eigenvalue weighted by Gasteiger charge is -2.36. The summed E-state index contributed by atoms with van der Waals surface area (Å²) < 4.78 is 5.11. The predicted octanol–water partition coefficient (Wildman–Crippen LogP) is 2.66. The lowest BCUT2D eigenvalue weighted by molar-refractivity contribution is 0.157. The van der Waals surface area contributed by atoms with Gasteiger partial charge in [0.05, 0.1) is 12.3 Å². The minimum atomic E-state index is -0.248. The molecule has 0 saturated heterocycles. The number of amides is 1. The second-order valence-electron chi connectivity index (χ2n) is 4.68. The monoisotopic (exact) mass is 248 g/mol. The van der Waals surface area contributed by atoms with Crippen LogP contribution in [0.3, 0.4) is 0 Å². The zero-order valence-electron chi connectivity index (χ0n) is 11.2. The maximum atomic E-state index is 11.9. The Bertz CT molecular complexity index is 432. The van der Waals surface area contributed by atoms with Crippen LogP contribution in [0.15, 0.2) is 24.3 Å². The van der Waals surface area contributed by atoms with Crippen LogP contribution >= 0.6 is 0 Å². The van der Waals surface area contributed by atoms with Gasteiger partial charge in [-0.05, 0) is 39.1 Å². The molecule has 1 heterocycles. The average Bonchev–Trinajstić information content (AvgIpc) is 2.37. The lowest BCUT2D eigenvalue weighted by Crippen LogP contribution is -2.39. The van der Waals surface area contributed by atoms with Crippen LogP contribution in [0, 0.1) is 0 Å². The minimum absolute atomic E-state index is 0.248. The van der Waals surface area contributed by atoms with Crippen LogP contribution in [-0.4, -0.2) is 38.2 Å². The van der Waals surface area contributed by atoms with Crippen molar-refractivity contribution in [2.45, 2.75) is 19.4 Å². The summed E-state index contributed by atoms with van der Waals surface area (Å²) in [6, 6.07) is 8.42. The van der Waals surface area contributed by atoms with E-state index >= 15 is 0 Å². The van der Waals surface area contributed by atoms with E-state index in [0.717, 1.165) is 12.1 Å². The van der Waals surface area contributed by atoms with Crippen molar-refractivity contribution in [3.8, 4) is 0 Å². The molecule has 1 atom stereocenters. The third-order valence-corrected chi connectivity index (χ3v) is 3.32. The number of benzene rings is 1. The molecule has 1 amide bonds. The first kappa shape index (κ1) is 12.9. The zero-order valence-corrected chi connectivity index (χ0v) is 11.2. The normalized spacial score (nSPS) is 18.7. The Morgan fingerprint density at radius 1 is 1.44 bits per heavy atom. The van der Waals surface area contributed by atoms with Crippen LogP contribution in [-0.2, 0) is 4.74 Å². The topological polar surface area (TPSA) is 32.8 Å². The van der Waals surface area contributed by atoms with Crippen molar-refractivity contribution in [1.82, 2.24) is 4.90 Å². The van der Waals surface area contributed by atoms with Gasteiger partial charge in [0.1, 0.15) is 0 Å². The summed E-state index contributed by atoms with van der Waals surface area (Å²) in [6.45, 7) is 2.95. The molecule has 0 aliphatic carbocycles. The van der Waals surface area contributed by atoms with Gasteiger partial charge >= 0.3 is 6.09 Å². The second-order valence-corrected chi connectivity index (χ2v) is 4.68. The van der Waals surface area contributed by atoms with E-state index in [1.54, 1.807) is 4.90 Å². The lowest BCUT2D eigenvalue weighted by atomic mass is 9.96. The second kappa shape index (κ2) is 5.40. The van der Waals surface area contributed by atoms with E-state index in [2.05, 4.69) is 25.1 Å². The van der Waals surface area contributed by atoms with Gasteiger partial charge in [0.2, 0.25) is 0 Å².